The Kier molecular flexibility index (Phi) is 3.75. The fraction of sp³-hybridized carbons (Fsp3) is 0.500. The predicted molar refractivity (Wildman–Crippen MR) is 71.2 cm³/mol. The molecule has 1 heterocycles. The average Bonchev–Trinajstić information content (AvgIpc) is 2.69. The highest BCUT2D eigenvalue weighted by atomic mass is 16.5. The number of benzene rings is 1. The largest absolute Gasteiger partial charge is 0.497 e. The number of hydrogen-bond donors (Lipinski definition) is 1. The standard InChI is InChI=1S/C14H20N2O2/c1-3-10-6-14(17)16(8-10)9-11-4-12(15)7-13(5-11)18-2/h4-5,7,10H,3,6,8-9,15H2,1-2H3. The summed E-state index contributed by atoms with van der Waals surface area (Å²) in [4.78, 5) is 13.8. The molecule has 4 heteroatoms. The molecule has 1 fully saturated rings. The van der Waals surface area contributed by atoms with E-state index in [0.717, 1.165) is 24.3 Å². The highest BCUT2D eigenvalue weighted by molar-refractivity contribution is 5.78. The number of nitrogen functional groups attached to an aromatic ring is 1. The van der Waals surface area contributed by atoms with E-state index >= 15 is 0 Å². The summed E-state index contributed by atoms with van der Waals surface area (Å²) in [5.74, 6) is 1.48. The molecule has 0 aromatic heterocycles. The molecular weight excluding hydrogens is 228 g/mol. The van der Waals surface area contributed by atoms with Gasteiger partial charge in [-0.3, -0.25) is 4.79 Å². The molecule has 1 saturated heterocycles. The van der Waals surface area contributed by atoms with Crippen molar-refractivity contribution in [2.24, 2.45) is 5.92 Å². The number of rotatable bonds is 4. The summed E-state index contributed by atoms with van der Waals surface area (Å²) in [5, 5.41) is 0. The molecule has 1 aromatic carbocycles. The van der Waals surface area contributed by atoms with Gasteiger partial charge >= 0.3 is 0 Å². The Morgan fingerprint density at radius 3 is 2.83 bits per heavy atom. The molecule has 2 rings (SSSR count). The van der Waals surface area contributed by atoms with E-state index in [4.69, 9.17) is 10.5 Å². The van der Waals surface area contributed by atoms with Gasteiger partial charge in [0.15, 0.2) is 0 Å². The van der Waals surface area contributed by atoms with E-state index in [1.807, 2.05) is 17.0 Å². The second kappa shape index (κ2) is 5.29. The summed E-state index contributed by atoms with van der Waals surface area (Å²) in [7, 11) is 1.62. The monoisotopic (exact) mass is 248 g/mol. The maximum absolute atomic E-state index is 11.9. The normalized spacial score (nSPS) is 19.3. The molecule has 1 aliphatic heterocycles. The van der Waals surface area contributed by atoms with Crippen LogP contribution in [0.25, 0.3) is 0 Å². The highest BCUT2D eigenvalue weighted by Crippen LogP contribution is 2.25. The van der Waals surface area contributed by atoms with Gasteiger partial charge < -0.3 is 15.4 Å². The van der Waals surface area contributed by atoms with Gasteiger partial charge in [0.2, 0.25) is 5.91 Å². The first-order valence-electron chi connectivity index (χ1n) is 6.33. The molecule has 1 aliphatic rings. The number of nitrogens with zero attached hydrogens (tertiary/aromatic N) is 1. The number of amides is 1. The number of hydrogen-bond acceptors (Lipinski definition) is 3. The Bertz CT molecular complexity index is 445. The predicted octanol–water partition coefficient (Wildman–Crippen LogP) is 2.04. The van der Waals surface area contributed by atoms with Crippen LogP contribution in [0.3, 0.4) is 0 Å². The SMILES string of the molecule is CCC1CC(=O)N(Cc2cc(N)cc(OC)c2)C1. The summed E-state index contributed by atoms with van der Waals surface area (Å²) >= 11 is 0. The lowest BCUT2D eigenvalue weighted by atomic mass is 10.1. The maximum Gasteiger partial charge on any atom is 0.223 e. The molecule has 1 aromatic rings. The van der Waals surface area contributed by atoms with Crippen LogP contribution in [0.4, 0.5) is 5.69 Å². The number of methoxy groups -OCH3 is 1. The van der Waals surface area contributed by atoms with Crippen LogP contribution < -0.4 is 10.5 Å². The van der Waals surface area contributed by atoms with Crippen LogP contribution >= 0.6 is 0 Å². The second-order valence-corrected chi connectivity index (χ2v) is 4.87. The third-order valence-corrected chi connectivity index (χ3v) is 3.47. The van der Waals surface area contributed by atoms with Crippen LogP contribution in [0.2, 0.25) is 0 Å². The zero-order valence-electron chi connectivity index (χ0n) is 11.0. The van der Waals surface area contributed by atoms with Crippen LogP contribution in [0.1, 0.15) is 25.3 Å². The van der Waals surface area contributed by atoms with E-state index < -0.39 is 0 Å². The van der Waals surface area contributed by atoms with Gasteiger partial charge in [0.1, 0.15) is 5.75 Å². The number of anilines is 1. The van der Waals surface area contributed by atoms with E-state index in [-0.39, 0.29) is 5.91 Å². The van der Waals surface area contributed by atoms with E-state index in [1.165, 1.54) is 0 Å². The molecule has 4 nitrogen and oxygen atoms in total. The van der Waals surface area contributed by atoms with Crippen molar-refractivity contribution in [3.8, 4) is 5.75 Å². The van der Waals surface area contributed by atoms with Crippen molar-refractivity contribution in [3.05, 3.63) is 23.8 Å². The quantitative estimate of drug-likeness (QED) is 0.829. The molecule has 1 atom stereocenters. The van der Waals surface area contributed by atoms with Crippen LogP contribution in [-0.2, 0) is 11.3 Å². The van der Waals surface area contributed by atoms with Crippen molar-refractivity contribution in [3.63, 3.8) is 0 Å². The molecule has 0 aliphatic carbocycles. The summed E-state index contributed by atoms with van der Waals surface area (Å²) in [6.07, 6.45) is 1.73. The Morgan fingerprint density at radius 1 is 1.44 bits per heavy atom. The third-order valence-electron chi connectivity index (χ3n) is 3.47. The van der Waals surface area contributed by atoms with Gasteiger partial charge in [-0.1, -0.05) is 13.3 Å². The van der Waals surface area contributed by atoms with Crippen molar-refractivity contribution in [1.29, 1.82) is 0 Å². The second-order valence-electron chi connectivity index (χ2n) is 4.87. The lowest BCUT2D eigenvalue weighted by Gasteiger charge is -2.17. The number of ether oxygens (including phenoxy) is 1. The molecule has 0 saturated carbocycles. The lowest BCUT2D eigenvalue weighted by Crippen LogP contribution is -2.24. The Morgan fingerprint density at radius 2 is 2.22 bits per heavy atom. The zero-order chi connectivity index (χ0) is 13.1. The lowest BCUT2D eigenvalue weighted by molar-refractivity contribution is -0.128. The van der Waals surface area contributed by atoms with Gasteiger partial charge in [0.05, 0.1) is 7.11 Å². The Balaban J connectivity index is 2.09. The van der Waals surface area contributed by atoms with Crippen molar-refractivity contribution in [2.75, 3.05) is 19.4 Å². The number of carbonyl (C=O) groups excluding carboxylic acids is 1. The van der Waals surface area contributed by atoms with E-state index in [9.17, 15) is 4.79 Å². The first kappa shape index (κ1) is 12.7. The maximum atomic E-state index is 11.9. The molecule has 18 heavy (non-hydrogen) atoms. The van der Waals surface area contributed by atoms with Crippen molar-refractivity contribution < 1.29 is 9.53 Å². The van der Waals surface area contributed by atoms with E-state index in [2.05, 4.69) is 6.92 Å². The topological polar surface area (TPSA) is 55.6 Å². The summed E-state index contributed by atoms with van der Waals surface area (Å²) in [6.45, 7) is 3.61. The van der Waals surface area contributed by atoms with Gasteiger partial charge in [-0.05, 0) is 23.6 Å². The third kappa shape index (κ3) is 2.75. The van der Waals surface area contributed by atoms with Crippen LogP contribution in [0.5, 0.6) is 5.75 Å². The Labute approximate surface area is 108 Å². The molecular formula is C14H20N2O2. The number of carbonyl (C=O) groups is 1. The zero-order valence-corrected chi connectivity index (χ0v) is 11.0. The Hall–Kier alpha value is -1.71. The van der Waals surface area contributed by atoms with Crippen molar-refractivity contribution >= 4 is 11.6 Å². The van der Waals surface area contributed by atoms with Crippen molar-refractivity contribution in [1.82, 2.24) is 4.90 Å². The van der Waals surface area contributed by atoms with E-state index in [0.29, 0.717) is 24.6 Å². The van der Waals surface area contributed by atoms with Gasteiger partial charge in [-0.2, -0.15) is 0 Å². The van der Waals surface area contributed by atoms with Crippen LogP contribution in [0, 0.1) is 5.92 Å². The van der Waals surface area contributed by atoms with Gasteiger partial charge in [0, 0.05) is 31.3 Å². The minimum absolute atomic E-state index is 0.239. The van der Waals surface area contributed by atoms with Gasteiger partial charge in [-0.25, -0.2) is 0 Å². The molecule has 0 spiro atoms. The molecule has 1 unspecified atom stereocenters. The van der Waals surface area contributed by atoms with Crippen LogP contribution in [0.15, 0.2) is 18.2 Å². The van der Waals surface area contributed by atoms with Gasteiger partial charge in [0.25, 0.3) is 0 Å². The summed E-state index contributed by atoms with van der Waals surface area (Å²) in [6, 6.07) is 5.61. The fourth-order valence-corrected chi connectivity index (χ4v) is 2.40. The number of likely N-dealkylation sites (tertiary alicyclic amines) is 1. The summed E-state index contributed by atoms with van der Waals surface area (Å²) < 4.78 is 5.19. The van der Waals surface area contributed by atoms with E-state index in [1.54, 1.807) is 13.2 Å². The minimum Gasteiger partial charge on any atom is -0.497 e. The molecule has 0 bridgehead atoms. The first-order chi connectivity index (χ1) is 8.62. The smallest absolute Gasteiger partial charge is 0.223 e. The molecule has 1 amide bonds. The fourth-order valence-electron chi connectivity index (χ4n) is 2.40. The first-order valence-corrected chi connectivity index (χ1v) is 6.33. The van der Waals surface area contributed by atoms with Crippen LogP contribution in [-0.4, -0.2) is 24.5 Å². The van der Waals surface area contributed by atoms with Crippen molar-refractivity contribution in [2.45, 2.75) is 26.3 Å². The summed E-state index contributed by atoms with van der Waals surface area (Å²) in [5.41, 5.74) is 7.51. The minimum atomic E-state index is 0.239. The number of nitrogens with two attached hydrogens (primary N) is 1. The molecule has 98 valence electrons. The average molecular weight is 248 g/mol. The molecule has 2 N–H and O–H groups in total. The van der Waals surface area contributed by atoms with Gasteiger partial charge in [-0.15, -0.1) is 0 Å². The highest BCUT2D eigenvalue weighted by Gasteiger charge is 2.28. The molecule has 0 radical (unpaired) electrons.